The number of nitrogens with zero attached hydrogens (tertiary/aromatic N) is 1. The molecule has 0 spiro atoms. The van der Waals surface area contributed by atoms with Gasteiger partial charge in [0.25, 0.3) is 5.91 Å². The highest BCUT2D eigenvalue weighted by molar-refractivity contribution is 7.10. The molecule has 26 heavy (non-hydrogen) atoms. The van der Waals surface area contributed by atoms with Gasteiger partial charge in [0.15, 0.2) is 0 Å². The van der Waals surface area contributed by atoms with Crippen LogP contribution in [0.25, 0.3) is 0 Å². The van der Waals surface area contributed by atoms with E-state index in [1.165, 1.54) is 17.8 Å². The molecule has 1 aliphatic carbocycles. The predicted octanol–water partition coefficient (Wildman–Crippen LogP) is 4.02. The van der Waals surface area contributed by atoms with Crippen LogP contribution in [0.3, 0.4) is 0 Å². The van der Waals surface area contributed by atoms with E-state index in [1.54, 1.807) is 30.3 Å². The molecule has 1 fully saturated rings. The highest BCUT2D eigenvalue weighted by Gasteiger charge is 2.33. The van der Waals surface area contributed by atoms with Crippen LogP contribution in [0, 0.1) is 17.2 Å². The lowest BCUT2D eigenvalue weighted by atomic mass is 9.78. The molecule has 1 heterocycles. The maximum absolute atomic E-state index is 12.7. The number of amides is 2. The Hall–Kier alpha value is -2.65. The van der Waals surface area contributed by atoms with Gasteiger partial charge in [-0.1, -0.05) is 19.3 Å². The molecular weight excluding hydrogens is 346 g/mol. The minimum atomic E-state index is -0.406. The van der Waals surface area contributed by atoms with Gasteiger partial charge in [-0.2, -0.15) is 5.26 Å². The number of primary amides is 1. The van der Waals surface area contributed by atoms with Crippen molar-refractivity contribution < 1.29 is 9.59 Å². The van der Waals surface area contributed by atoms with Crippen LogP contribution in [0.4, 0.5) is 5.69 Å². The number of anilines is 1. The van der Waals surface area contributed by atoms with Crippen LogP contribution in [0.5, 0.6) is 0 Å². The second kappa shape index (κ2) is 8.15. The number of thiophene rings is 1. The van der Waals surface area contributed by atoms with E-state index in [4.69, 9.17) is 11.0 Å². The van der Waals surface area contributed by atoms with Gasteiger partial charge in [-0.05, 0) is 54.5 Å². The number of carbonyl (C=O) groups excluding carboxylic acids is 2. The van der Waals surface area contributed by atoms with Crippen molar-refractivity contribution in [2.45, 2.75) is 38.0 Å². The van der Waals surface area contributed by atoms with E-state index in [0.29, 0.717) is 16.8 Å². The van der Waals surface area contributed by atoms with Gasteiger partial charge in [0.2, 0.25) is 5.91 Å². The van der Waals surface area contributed by atoms with Gasteiger partial charge < -0.3 is 11.1 Å². The maximum Gasteiger partial charge on any atom is 0.256 e. The minimum absolute atomic E-state index is 0.210. The first kappa shape index (κ1) is 18.2. The van der Waals surface area contributed by atoms with Crippen LogP contribution in [0.15, 0.2) is 35.7 Å². The van der Waals surface area contributed by atoms with E-state index in [-0.39, 0.29) is 17.7 Å². The Labute approximate surface area is 156 Å². The molecule has 2 aromatic rings. The summed E-state index contributed by atoms with van der Waals surface area (Å²) in [4.78, 5) is 25.7. The number of nitriles is 1. The summed E-state index contributed by atoms with van der Waals surface area (Å²) in [5.41, 5.74) is 7.37. The Morgan fingerprint density at radius 1 is 1.15 bits per heavy atom. The highest BCUT2D eigenvalue weighted by Crippen LogP contribution is 2.39. The number of hydrogen-bond acceptors (Lipinski definition) is 4. The van der Waals surface area contributed by atoms with Crippen LogP contribution in [-0.2, 0) is 4.79 Å². The lowest BCUT2D eigenvalue weighted by Gasteiger charge is -2.28. The van der Waals surface area contributed by atoms with Gasteiger partial charge in [0.1, 0.15) is 0 Å². The Bertz CT molecular complexity index is 829. The Morgan fingerprint density at radius 2 is 1.85 bits per heavy atom. The summed E-state index contributed by atoms with van der Waals surface area (Å²) in [6, 6.07) is 10.5. The van der Waals surface area contributed by atoms with Gasteiger partial charge in [-0.25, -0.2) is 0 Å². The van der Waals surface area contributed by atoms with Gasteiger partial charge in [0, 0.05) is 10.6 Å². The van der Waals surface area contributed by atoms with E-state index in [9.17, 15) is 9.59 Å². The first-order chi connectivity index (χ1) is 12.6. The lowest BCUT2D eigenvalue weighted by Crippen LogP contribution is -2.30. The number of rotatable bonds is 5. The summed E-state index contributed by atoms with van der Waals surface area (Å²) in [6.45, 7) is 0. The van der Waals surface area contributed by atoms with Crippen LogP contribution in [-0.4, -0.2) is 11.8 Å². The topological polar surface area (TPSA) is 96.0 Å². The van der Waals surface area contributed by atoms with Gasteiger partial charge >= 0.3 is 0 Å². The molecule has 134 valence electrons. The number of carbonyl (C=O) groups is 2. The van der Waals surface area contributed by atoms with Crippen molar-refractivity contribution in [1.29, 1.82) is 5.26 Å². The quantitative estimate of drug-likeness (QED) is 0.835. The van der Waals surface area contributed by atoms with Crippen molar-refractivity contribution in [2.24, 2.45) is 11.7 Å². The second-order valence-corrected chi connectivity index (χ2v) is 7.57. The zero-order valence-electron chi connectivity index (χ0n) is 14.4. The SMILES string of the molecule is N#Cc1ccc(NC(=O)c2ccsc2C(C(N)=O)C2CCCCC2)cc1. The minimum Gasteiger partial charge on any atom is -0.369 e. The summed E-state index contributed by atoms with van der Waals surface area (Å²) in [5, 5.41) is 13.5. The normalized spacial score (nSPS) is 15.8. The number of nitrogens with two attached hydrogens (primary N) is 1. The third-order valence-electron chi connectivity index (χ3n) is 4.92. The maximum atomic E-state index is 12.7. The van der Waals surface area contributed by atoms with Crippen LogP contribution < -0.4 is 11.1 Å². The molecule has 3 rings (SSSR count). The Kier molecular flexibility index (Phi) is 5.69. The summed E-state index contributed by atoms with van der Waals surface area (Å²) in [6.07, 6.45) is 5.35. The predicted molar refractivity (Wildman–Crippen MR) is 102 cm³/mol. The molecule has 2 amide bonds. The van der Waals surface area contributed by atoms with E-state index in [0.717, 1.165) is 30.6 Å². The Morgan fingerprint density at radius 3 is 2.46 bits per heavy atom. The van der Waals surface area contributed by atoms with Crippen molar-refractivity contribution in [1.82, 2.24) is 0 Å². The van der Waals surface area contributed by atoms with Crippen molar-refractivity contribution in [2.75, 3.05) is 5.32 Å². The van der Waals surface area contributed by atoms with Crippen LogP contribution >= 0.6 is 11.3 Å². The fraction of sp³-hybridized carbons (Fsp3) is 0.350. The number of nitrogens with one attached hydrogen (secondary N) is 1. The monoisotopic (exact) mass is 367 g/mol. The summed E-state index contributed by atoms with van der Waals surface area (Å²) in [7, 11) is 0. The van der Waals surface area contributed by atoms with E-state index in [1.807, 2.05) is 11.4 Å². The van der Waals surface area contributed by atoms with Gasteiger partial charge in [0.05, 0.1) is 23.1 Å². The molecule has 0 aliphatic heterocycles. The molecular formula is C20H21N3O2S. The number of benzene rings is 1. The summed E-state index contributed by atoms with van der Waals surface area (Å²) < 4.78 is 0. The fourth-order valence-corrected chi connectivity index (χ4v) is 4.71. The molecule has 1 saturated carbocycles. The molecule has 3 N–H and O–H groups in total. The van der Waals surface area contributed by atoms with Crippen molar-refractivity contribution in [3.8, 4) is 6.07 Å². The third kappa shape index (κ3) is 3.94. The van der Waals surface area contributed by atoms with Crippen LogP contribution in [0.2, 0.25) is 0 Å². The van der Waals surface area contributed by atoms with E-state index >= 15 is 0 Å². The molecule has 0 saturated heterocycles. The zero-order chi connectivity index (χ0) is 18.5. The molecule has 0 radical (unpaired) electrons. The zero-order valence-corrected chi connectivity index (χ0v) is 15.2. The van der Waals surface area contributed by atoms with E-state index < -0.39 is 5.92 Å². The van der Waals surface area contributed by atoms with Gasteiger partial charge in [-0.15, -0.1) is 11.3 Å². The average Bonchev–Trinajstić information content (AvgIpc) is 3.12. The van der Waals surface area contributed by atoms with Crippen LogP contribution in [0.1, 0.15) is 58.8 Å². The second-order valence-electron chi connectivity index (χ2n) is 6.62. The molecule has 1 aromatic heterocycles. The fourth-order valence-electron chi connectivity index (χ4n) is 3.62. The molecule has 0 bridgehead atoms. The largest absolute Gasteiger partial charge is 0.369 e. The summed E-state index contributed by atoms with van der Waals surface area (Å²) >= 11 is 1.42. The molecule has 6 heteroatoms. The lowest BCUT2D eigenvalue weighted by molar-refractivity contribution is -0.120. The molecule has 1 aromatic carbocycles. The highest BCUT2D eigenvalue weighted by atomic mass is 32.1. The third-order valence-corrected chi connectivity index (χ3v) is 5.92. The standard InChI is InChI=1S/C20H21N3O2S/c21-12-13-6-8-15(9-7-13)23-20(25)16-10-11-26-18(16)17(19(22)24)14-4-2-1-3-5-14/h6-11,14,17H,1-5H2,(H2,22,24)(H,23,25). The van der Waals surface area contributed by atoms with Crippen molar-refractivity contribution in [3.05, 3.63) is 51.7 Å². The van der Waals surface area contributed by atoms with Crippen molar-refractivity contribution in [3.63, 3.8) is 0 Å². The molecule has 1 aliphatic rings. The Balaban J connectivity index is 1.82. The van der Waals surface area contributed by atoms with Gasteiger partial charge in [-0.3, -0.25) is 9.59 Å². The first-order valence-electron chi connectivity index (χ1n) is 8.78. The molecule has 1 unspecified atom stereocenters. The molecule has 1 atom stereocenters. The van der Waals surface area contributed by atoms with E-state index in [2.05, 4.69) is 5.32 Å². The summed E-state index contributed by atoms with van der Waals surface area (Å²) in [5.74, 6) is -0.807. The number of hydrogen-bond donors (Lipinski definition) is 2. The molecule has 5 nitrogen and oxygen atoms in total. The van der Waals surface area contributed by atoms with Crippen molar-refractivity contribution >= 4 is 28.8 Å². The average molecular weight is 367 g/mol. The first-order valence-corrected chi connectivity index (χ1v) is 9.66. The smallest absolute Gasteiger partial charge is 0.256 e.